The molecule has 1 aliphatic rings. The summed E-state index contributed by atoms with van der Waals surface area (Å²) in [5.41, 5.74) is 5.55. The van der Waals surface area contributed by atoms with E-state index in [1.54, 1.807) is 43.9 Å². The average Bonchev–Trinajstić information content (AvgIpc) is 4.19. The second kappa shape index (κ2) is 23.8. The minimum absolute atomic E-state index is 0.0314. The lowest BCUT2D eigenvalue weighted by Crippen LogP contribution is -2.33. The van der Waals surface area contributed by atoms with Crippen LogP contribution in [0.25, 0.3) is 32.2 Å². The molecule has 3 aromatic carbocycles. The number of amidine groups is 1. The highest BCUT2D eigenvalue weighted by molar-refractivity contribution is 7.13. The summed E-state index contributed by atoms with van der Waals surface area (Å²) in [4.78, 5) is 35.3. The summed E-state index contributed by atoms with van der Waals surface area (Å²) in [5.74, 6) is -0.0535. The molecule has 8 rings (SSSR count). The van der Waals surface area contributed by atoms with E-state index in [-0.39, 0.29) is 35.9 Å². The third-order valence-corrected chi connectivity index (χ3v) is 12.4. The lowest BCUT2D eigenvalue weighted by molar-refractivity contribution is -0.00245. The van der Waals surface area contributed by atoms with Crippen LogP contribution in [0.3, 0.4) is 0 Å². The zero-order valence-electron chi connectivity index (χ0n) is 37.3. The highest BCUT2D eigenvalue weighted by Gasteiger charge is 2.26. The van der Waals surface area contributed by atoms with E-state index in [0.29, 0.717) is 101 Å². The number of halogens is 2. The van der Waals surface area contributed by atoms with Gasteiger partial charge in [-0.2, -0.15) is 5.10 Å². The van der Waals surface area contributed by atoms with Crippen LogP contribution in [-0.4, -0.2) is 113 Å². The normalized spacial score (nSPS) is 13.7. The molecule has 1 unspecified atom stereocenters. The number of anilines is 1. The van der Waals surface area contributed by atoms with E-state index in [9.17, 15) is 9.59 Å². The number of hydrogen-bond acceptors (Lipinski definition) is 15. The second-order valence-electron chi connectivity index (χ2n) is 15.6. The van der Waals surface area contributed by atoms with Crippen LogP contribution < -0.4 is 20.4 Å². The lowest BCUT2D eigenvalue weighted by Gasteiger charge is -2.14. The van der Waals surface area contributed by atoms with Crippen LogP contribution in [0.4, 0.5) is 5.69 Å². The Morgan fingerprint density at radius 3 is 2.37 bits per heavy atom. The highest BCUT2D eigenvalue weighted by Crippen LogP contribution is 2.35. The summed E-state index contributed by atoms with van der Waals surface area (Å²) in [6, 6.07) is 22.0. The molecule has 17 nitrogen and oxygen atoms in total. The van der Waals surface area contributed by atoms with Gasteiger partial charge < -0.3 is 34.3 Å². The number of nitrogens with one attached hydrogen (secondary N) is 2. The molecule has 0 saturated carbocycles. The van der Waals surface area contributed by atoms with Gasteiger partial charge in [0.05, 0.1) is 104 Å². The minimum atomic E-state index is -0.388. The van der Waals surface area contributed by atoms with Gasteiger partial charge in [-0.25, -0.2) is 14.6 Å². The molecule has 68 heavy (non-hydrogen) atoms. The second-order valence-corrected chi connectivity index (χ2v) is 17.4. The molecule has 0 fully saturated rings. The first kappa shape index (κ1) is 48.4. The number of rotatable bonds is 24. The number of hydrazone groups is 1. The Labute approximate surface area is 406 Å². The van der Waals surface area contributed by atoms with Gasteiger partial charge in [0.1, 0.15) is 18.1 Å². The smallest absolute Gasteiger partial charge is 0.316 e. The van der Waals surface area contributed by atoms with Crippen molar-refractivity contribution in [3.63, 3.8) is 0 Å². The quantitative estimate of drug-likeness (QED) is 0.0445. The van der Waals surface area contributed by atoms with Crippen molar-refractivity contribution in [2.75, 3.05) is 71.0 Å². The number of benzene rings is 3. The monoisotopic (exact) mass is 980 g/mol. The fourth-order valence-corrected chi connectivity index (χ4v) is 8.34. The molecule has 1 aliphatic heterocycles. The molecule has 1 atom stereocenters. The third kappa shape index (κ3) is 12.5. The Kier molecular flexibility index (Phi) is 16.9. The van der Waals surface area contributed by atoms with Crippen LogP contribution in [0.1, 0.15) is 33.3 Å². The number of hydrogen-bond donors (Lipinski definition) is 2. The molecule has 5 heterocycles. The molecular weight excluding hydrogens is 932 g/mol. The van der Waals surface area contributed by atoms with Gasteiger partial charge in [-0.3, -0.25) is 19.2 Å². The number of thiophene rings is 1. The van der Waals surface area contributed by atoms with Crippen molar-refractivity contribution in [1.29, 1.82) is 0 Å². The van der Waals surface area contributed by atoms with E-state index in [1.165, 1.54) is 18.5 Å². The number of fused-ring (bicyclic) bond motifs is 3. The van der Waals surface area contributed by atoms with E-state index >= 15 is 0 Å². The summed E-state index contributed by atoms with van der Waals surface area (Å²) >= 11 is 13.9. The van der Waals surface area contributed by atoms with Gasteiger partial charge in [0.25, 0.3) is 11.8 Å². The minimum Gasteiger partial charge on any atom is -0.457 e. The van der Waals surface area contributed by atoms with Crippen molar-refractivity contribution in [3.8, 4) is 16.5 Å². The number of nitrogens with zero attached hydrogens (tertiary/aromatic N) is 8. The van der Waals surface area contributed by atoms with Crippen LogP contribution in [0.15, 0.2) is 108 Å². The molecule has 7 aromatic rings. The summed E-state index contributed by atoms with van der Waals surface area (Å²) in [6.45, 7) is 11.9. The topological polar surface area (TPSA) is 181 Å². The van der Waals surface area contributed by atoms with Crippen LogP contribution in [0, 0.1) is 5.92 Å². The van der Waals surface area contributed by atoms with Gasteiger partial charge in [0, 0.05) is 47.1 Å². The SMILES string of the molecule is C=CC(=O)n1c2ccc(CNCCOCCOCCOCCOCCn3cc(COc4ncc(C(=O)NC5=NN(c6ccc(Cl)c(Cl)c6)CC5C)cn4)nn3)cc2c2ccc(-c3cccs3)cc21. The van der Waals surface area contributed by atoms with Crippen molar-refractivity contribution in [2.45, 2.75) is 26.6 Å². The number of amides is 1. The fourth-order valence-electron chi connectivity index (χ4n) is 7.32. The van der Waals surface area contributed by atoms with E-state index in [4.69, 9.17) is 46.9 Å². The number of allylic oxidation sites excluding steroid dienone is 1. The molecule has 0 radical (unpaired) electrons. The van der Waals surface area contributed by atoms with Crippen molar-refractivity contribution < 1.29 is 33.3 Å². The molecule has 0 aliphatic carbocycles. The van der Waals surface area contributed by atoms with E-state index in [2.05, 4.69) is 78.3 Å². The van der Waals surface area contributed by atoms with Crippen molar-refractivity contribution in [2.24, 2.45) is 11.0 Å². The number of ether oxygens (including phenoxy) is 5. The van der Waals surface area contributed by atoms with Gasteiger partial charge in [-0.05, 0) is 65.0 Å². The molecule has 0 saturated heterocycles. The van der Waals surface area contributed by atoms with Gasteiger partial charge >= 0.3 is 6.01 Å². The van der Waals surface area contributed by atoms with E-state index in [1.807, 2.05) is 31.2 Å². The lowest BCUT2D eigenvalue weighted by atomic mass is 10.1. The number of aromatic nitrogens is 6. The Morgan fingerprint density at radius 2 is 1.63 bits per heavy atom. The predicted molar refractivity (Wildman–Crippen MR) is 263 cm³/mol. The molecule has 2 N–H and O–H groups in total. The van der Waals surface area contributed by atoms with Gasteiger partial charge in [-0.15, -0.1) is 16.4 Å². The van der Waals surface area contributed by atoms with Gasteiger partial charge in [0.2, 0.25) is 0 Å². The standard InChI is InChI=1S/C48H50Cl2N10O7S/c1-3-45(61)60-42-11-6-33(23-39(42)38-9-7-34(24-43(38)60)44-5-4-22-68-44)26-51-12-14-63-16-18-65-20-21-66-19-17-64-15-13-58-30-36(55-57-58)31-67-48-52-27-35(28-53-48)47(62)54-46-32(2)29-59(56-46)37-8-10-40(49)41(50)25-37/h3-11,22-25,27-28,30,32,51H,1,12-21,26,29,31H2,2H3,(H,54,56,62). The summed E-state index contributed by atoms with van der Waals surface area (Å²) in [6.07, 6.45) is 5.89. The Bertz CT molecular complexity index is 2860. The van der Waals surface area contributed by atoms with Gasteiger partial charge in [0.15, 0.2) is 0 Å². The molecule has 20 heteroatoms. The van der Waals surface area contributed by atoms with Crippen molar-refractivity contribution in [1.82, 2.24) is 40.2 Å². The Hall–Kier alpha value is -6.09. The van der Waals surface area contributed by atoms with E-state index < -0.39 is 0 Å². The molecule has 354 valence electrons. The molecule has 0 bridgehead atoms. The Balaban J connectivity index is 0.633. The number of carbonyl (C=O) groups excluding carboxylic acids is 2. The first-order valence-electron chi connectivity index (χ1n) is 22.0. The van der Waals surface area contributed by atoms with Crippen LogP contribution >= 0.6 is 34.5 Å². The van der Waals surface area contributed by atoms with Crippen LogP contribution in [0.2, 0.25) is 10.0 Å². The highest BCUT2D eigenvalue weighted by atomic mass is 35.5. The fraction of sp³-hybridized carbons (Fsp3) is 0.312. The van der Waals surface area contributed by atoms with Crippen molar-refractivity contribution in [3.05, 3.63) is 130 Å². The third-order valence-electron chi connectivity index (χ3n) is 10.8. The van der Waals surface area contributed by atoms with E-state index in [0.717, 1.165) is 43.5 Å². The maximum atomic E-state index is 12.9. The van der Waals surface area contributed by atoms with Crippen LogP contribution in [-0.2, 0) is 38.6 Å². The van der Waals surface area contributed by atoms with Gasteiger partial charge in [-0.1, -0.05) is 66.2 Å². The molecule has 1 amide bonds. The van der Waals surface area contributed by atoms with Crippen LogP contribution in [0.5, 0.6) is 6.01 Å². The maximum Gasteiger partial charge on any atom is 0.316 e. The molecular formula is C48H50Cl2N10O7S. The first-order chi connectivity index (χ1) is 33.2. The number of carbonyl (C=O) groups is 2. The van der Waals surface area contributed by atoms with Crippen molar-refractivity contribution >= 4 is 79.7 Å². The largest absolute Gasteiger partial charge is 0.457 e. The first-order valence-corrected chi connectivity index (χ1v) is 23.6. The summed E-state index contributed by atoms with van der Waals surface area (Å²) in [7, 11) is 0. The summed E-state index contributed by atoms with van der Waals surface area (Å²) in [5, 5.41) is 25.8. The maximum absolute atomic E-state index is 12.9. The average molecular weight is 982 g/mol. The molecule has 0 spiro atoms. The zero-order chi connectivity index (χ0) is 47.2. The molecule has 4 aromatic heterocycles. The zero-order valence-corrected chi connectivity index (χ0v) is 39.6. The Morgan fingerprint density at radius 1 is 0.868 bits per heavy atom. The predicted octanol–water partition coefficient (Wildman–Crippen LogP) is 7.67. The summed E-state index contributed by atoms with van der Waals surface area (Å²) < 4.78 is 31.7.